The first-order valence-electron chi connectivity index (χ1n) is 5.53. The van der Waals surface area contributed by atoms with Crippen LogP contribution in [0.4, 0.5) is 4.79 Å². The SMILES string of the molecule is C[C@@H](NCC(=O)N1CCNC1=O)c1ccco1. The molecule has 6 heteroatoms. The van der Waals surface area contributed by atoms with Crippen molar-refractivity contribution in [3.63, 3.8) is 0 Å². The molecule has 1 saturated heterocycles. The number of furan rings is 1. The van der Waals surface area contributed by atoms with E-state index in [1.165, 1.54) is 4.90 Å². The number of nitrogens with one attached hydrogen (secondary N) is 2. The maximum absolute atomic E-state index is 11.7. The first-order chi connectivity index (χ1) is 8.18. The molecule has 3 amide bonds. The van der Waals surface area contributed by atoms with Crippen molar-refractivity contribution in [2.45, 2.75) is 13.0 Å². The summed E-state index contributed by atoms with van der Waals surface area (Å²) in [6.07, 6.45) is 1.59. The van der Waals surface area contributed by atoms with E-state index in [0.717, 1.165) is 5.76 Å². The molecule has 0 spiro atoms. The van der Waals surface area contributed by atoms with Crippen LogP contribution < -0.4 is 10.6 Å². The minimum absolute atomic E-state index is 0.0559. The Morgan fingerprint density at radius 2 is 2.53 bits per heavy atom. The second-order valence-corrected chi connectivity index (χ2v) is 3.90. The van der Waals surface area contributed by atoms with Gasteiger partial charge in [-0.2, -0.15) is 0 Å². The normalized spacial score (nSPS) is 17.0. The average molecular weight is 237 g/mol. The van der Waals surface area contributed by atoms with E-state index in [1.807, 2.05) is 13.0 Å². The summed E-state index contributed by atoms with van der Waals surface area (Å²) in [6, 6.07) is 3.26. The molecule has 1 aliphatic heterocycles. The molecule has 1 fully saturated rings. The van der Waals surface area contributed by atoms with Crippen molar-refractivity contribution in [3.05, 3.63) is 24.2 Å². The van der Waals surface area contributed by atoms with Gasteiger partial charge in [-0.15, -0.1) is 0 Å². The average Bonchev–Trinajstić information content (AvgIpc) is 2.95. The van der Waals surface area contributed by atoms with Crippen molar-refractivity contribution in [1.82, 2.24) is 15.5 Å². The number of carbonyl (C=O) groups excluding carboxylic acids is 2. The number of hydrogen-bond acceptors (Lipinski definition) is 4. The predicted molar refractivity (Wildman–Crippen MR) is 60.2 cm³/mol. The molecule has 1 aliphatic rings. The molecule has 17 heavy (non-hydrogen) atoms. The Labute approximate surface area is 99.0 Å². The van der Waals surface area contributed by atoms with Gasteiger partial charge < -0.3 is 9.73 Å². The topological polar surface area (TPSA) is 74.6 Å². The Kier molecular flexibility index (Phi) is 3.43. The van der Waals surface area contributed by atoms with Crippen LogP contribution in [0.5, 0.6) is 0 Å². The predicted octanol–water partition coefficient (Wildman–Crippen LogP) is 0.482. The van der Waals surface area contributed by atoms with Crippen LogP contribution in [0.1, 0.15) is 18.7 Å². The zero-order valence-electron chi connectivity index (χ0n) is 9.60. The Morgan fingerprint density at radius 1 is 1.71 bits per heavy atom. The van der Waals surface area contributed by atoms with Crippen molar-refractivity contribution < 1.29 is 14.0 Å². The van der Waals surface area contributed by atoms with Crippen molar-refractivity contribution in [1.29, 1.82) is 0 Å². The highest BCUT2D eigenvalue weighted by Gasteiger charge is 2.25. The van der Waals surface area contributed by atoms with Crippen LogP contribution in [-0.2, 0) is 4.79 Å². The van der Waals surface area contributed by atoms with Gasteiger partial charge in [0.2, 0.25) is 5.91 Å². The highest BCUT2D eigenvalue weighted by Crippen LogP contribution is 2.11. The lowest BCUT2D eigenvalue weighted by atomic mass is 10.2. The first-order valence-corrected chi connectivity index (χ1v) is 5.53. The van der Waals surface area contributed by atoms with Gasteiger partial charge in [-0.1, -0.05) is 0 Å². The molecule has 0 bridgehead atoms. The summed E-state index contributed by atoms with van der Waals surface area (Å²) < 4.78 is 5.21. The lowest BCUT2D eigenvalue weighted by Crippen LogP contribution is -2.40. The molecular weight excluding hydrogens is 222 g/mol. The smallest absolute Gasteiger partial charge is 0.324 e. The van der Waals surface area contributed by atoms with Crippen molar-refractivity contribution >= 4 is 11.9 Å². The fourth-order valence-electron chi connectivity index (χ4n) is 1.68. The van der Waals surface area contributed by atoms with Gasteiger partial charge in [-0.3, -0.25) is 15.0 Å². The lowest BCUT2D eigenvalue weighted by molar-refractivity contribution is -0.126. The van der Waals surface area contributed by atoms with Crippen LogP contribution in [0.15, 0.2) is 22.8 Å². The van der Waals surface area contributed by atoms with Gasteiger partial charge in [0.25, 0.3) is 0 Å². The quantitative estimate of drug-likeness (QED) is 0.798. The Hall–Kier alpha value is -1.82. The Balaban J connectivity index is 1.82. The van der Waals surface area contributed by atoms with Crippen LogP contribution in [0, 0.1) is 0 Å². The van der Waals surface area contributed by atoms with Gasteiger partial charge in [0.05, 0.1) is 18.8 Å². The third-order valence-corrected chi connectivity index (χ3v) is 2.69. The summed E-state index contributed by atoms with van der Waals surface area (Å²) in [5, 5.41) is 5.60. The highest BCUT2D eigenvalue weighted by molar-refractivity contribution is 5.96. The van der Waals surface area contributed by atoms with Gasteiger partial charge in [-0.25, -0.2) is 4.79 Å². The summed E-state index contributed by atoms with van der Waals surface area (Å²) >= 11 is 0. The van der Waals surface area contributed by atoms with Crippen molar-refractivity contribution in [2.75, 3.05) is 19.6 Å². The number of nitrogens with zero attached hydrogens (tertiary/aromatic N) is 1. The van der Waals surface area contributed by atoms with Crippen LogP contribution in [-0.4, -0.2) is 36.5 Å². The van der Waals surface area contributed by atoms with Gasteiger partial charge >= 0.3 is 6.03 Å². The first kappa shape index (κ1) is 11.7. The Morgan fingerprint density at radius 3 is 3.12 bits per heavy atom. The number of amides is 3. The monoisotopic (exact) mass is 237 g/mol. The molecule has 2 N–H and O–H groups in total. The number of carbonyl (C=O) groups is 2. The third kappa shape index (κ3) is 2.65. The van der Waals surface area contributed by atoms with E-state index in [2.05, 4.69) is 10.6 Å². The minimum atomic E-state index is -0.317. The van der Waals surface area contributed by atoms with Crippen molar-refractivity contribution in [2.24, 2.45) is 0 Å². The molecule has 0 saturated carbocycles. The Bertz CT molecular complexity index is 402. The van der Waals surface area contributed by atoms with E-state index < -0.39 is 0 Å². The van der Waals surface area contributed by atoms with E-state index in [0.29, 0.717) is 13.1 Å². The molecular formula is C11H15N3O3. The van der Waals surface area contributed by atoms with Crippen LogP contribution in [0.2, 0.25) is 0 Å². The number of hydrogen-bond donors (Lipinski definition) is 2. The molecule has 0 aromatic carbocycles. The summed E-state index contributed by atoms with van der Waals surface area (Å²) in [5.41, 5.74) is 0. The molecule has 0 unspecified atom stereocenters. The maximum Gasteiger partial charge on any atom is 0.324 e. The standard InChI is InChI=1S/C11H15N3O3/c1-8(9-3-2-6-17-9)13-7-10(15)14-5-4-12-11(14)16/h2-3,6,8,13H,4-5,7H2,1H3,(H,12,16)/t8-/m1/s1. The molecule has 6 nitrogen and oxygen atoms in total. The molecule has 2 heterocycles. The molecule has 0 radical (unpaired) electrons. The summed E-state index contributed by atoms with van der Waals surface area (Å²) in [7, 11) is 0. The fourth-order valence-corrected chi connectivity index (χ4v) is 1.68. The summed E-state index contributed by atoms with van der Waals surface area (Å²) in [4.78, 5) is 24.1. The summed E-state index contributed by atoms with van der Waals surface area (Å²) in [5.74, 6) is 0.544. The molecule has 2 rings (SSSR count). The van der Waals surface area contributed by atoms with E-state index in [4.69, 9.17) is 4.42 Å². The highest BCUT2D eigenvalue weighted by atomic mass is 16.3. The zero-order chi connectivity index (χ0) is 12.3. The molecule has 1 atom stereocenters. The summed E-state index contributed by atoms with van der Waals surface area (Å²) in [6.45, 7) is 2.98. The fraction of sp³-hybridized carbons (Fsp3) is 0.455. The van der Waals surface area contributed by atoms with Gasteiger partial charge in [0.15, 0.2) is 0 Å². The van der Waals surface area contributed by atoms with E-state index >= 15 is 0 Å². The number of urea groups is 1. The van der Waals surface area contributed by atoms with Gasteiger partial charge in [0.1, 0.15) is 5.76 Å². The second kappa shape index (κ2) is 5.01. The zero-order valence-corrected chi connectivity index (χ0v) is 9.60. The van der Waals surface area contributed by atoms with Crippen molar-refractivity contribution in [3.8, 4) is 0 Å². The largest absolute Gasteiger partial charge is 0.468 e. The van der Waals surface area contributed by atoms with Crippen LogP contribution >= 0.6 is 0 Å². The van der Waals surface area contributed by atoms with E-state index in [9.17, 15) is 9.59 Å². The molecule has 1 aromatic heterocycles. The van der Waals surface area contributed by atoms with Crippen LogP contribution in [0.3, 0.4) is 0 Å². The number of rotatable bonds is 4. The molecule has 92 valence electrons. The number of imide groups is 1. The van der Waals surface area contributed by atoms with E-state index in [-0.39, 0.29) is 24.5 Å². The third-order valence-electron chi connectivity index (χ3n) is 2.69. The molecule has 0 aliphatic carbocycles. The molecule has 1 aromatic rings. The maximum atomic E-state index is 11.7. The second-order valence-electron chi connectivity index (χ2n) is 3.90. The van der Waals surface area contributed by atoms with Gasteiger partial charge in [-0.05, 0) is 19.1 Å². The minimum Gasteiger partial charge on any atom is -0.468 e. The van der Waals surface area contributed by atoms with Crippen LogP contribution in [0.25, 0.3) is 0 Å². The lowest BCUT2D eigenvalue weighted by Gasteiger charge is -2.15. The van der Waals surface area contributed by atoms with Gasteiger partial charge in [0, 0.05) is 13.1 Å². The van der Waals surface area contributed by atoms with E-state index in [1.54, 1.807) is 12.3 Å².